The molecule has 1 aromatic carbocycles. The third-order valence-electron chi connectivity index (χ3n) is 4.20. The number of aromatic amines is 1. The number of amides is 1. The van der Waals surface area contributed by atoms with Gasteiger partial charge in [0.05, 0.1) is 22.3 Å². The van der Waals surface area contributed by atoms with Gasteiger partial charge in [-0.2, -0.15) is 5.10 Å². The lowest BCUT2D eigenvalue weighted by molar-refractivity contribution is -0.115. The Hall–Kier alpha value is -2.61. The van der Waals surface area contributed by atoms with Crippen molar-refractivity contribution < 1.29 is 4.79 Å². The van der Waals surface area contributed by atoms with E-state index in [-0.39, 0.29) is 11.2 Å². The Morgan fingerprint density at radius 1 is 1.23 bits per heavy atom. The summed E-state index contributed by atoms with van der Waals surface area (Å²) >= 11 is 1.32. The quantitative estimate of drug-likeness (QED) is 0.673. The number of rotatable bonds is 5. The van der Waals surface area contributed by atoms with Crippen LogP contribution in [0.2, 0.25) is 0 Å². The minimum atomic E-state index is -0.337. The van der Waals surface area contributed by atoms with Crippen molar-refractivity contribution in [3.63, 3.8) is 0 Å². The molecule has 7 nitrogen and oxygen atoms in total. The van der Waals surface area contributed by atoms with Gasteiger partial charge in [-0.3, -0.25) is 14.6 Å². The molecule has 0 spiro atoms. The van der Waals surface area contributed by atoms with Crippen LogP contribution in [0.15, 0.2) is 29.4 Å². The summed E-state index contributed by atoms with van der Waals surface area (Å²) in [5.41, 5.74) is 4.64. The Kier molecular flexibility index (Phi) is 5.13. The number of carbonyl (C=O) groups excluding carboxylic acids is 1. The Bertz CT molecular complexity index is 928. The van der Waals surface area contributed by atoms with E-state index in [0.29, 0.717) is 11.0 Å². The molecule has 2 N–H and O–H groups in total. The fourth-order valence-corrected chi connectivity index (χ4v) is 3.26. The van der Waals surface area contributed by atoms with Crippen LogP contribution in [0.3, 0.4) is 0 Å². The summed E-state index contributed by atoms with van der Waals surface area (Å²) in [6, 6.07) is 8.04. The summed E-state index contributed by atoms with van der Waals surface area (Å²) in [4.78, 5) is 17.0. The van der Waals surface area contributed by atoms with E-state index in [1.165, 1.54) is 17.3 Å². The number of anilines is 1. The van der Waals surface area contributed by atoms with Crippen molar-refractivity contribution >= 4 is 23.4 Å². The molecule has 0 saturated carbocycles. The maximum Gasteiger partial charge on any atom is 0.237 e. The molecule has 3 aromatic rings. The number of carbonyl (C=O) groups is 1. The van der Waals surface area contributed by atoms with Gasteiger partial charge in [-0.05, 0) is 27.7 Å². The van der Waals surface area contributed by atoms with Gasteiger partial charge in [0.15, 0.2) is 5.82 Å². The van der Waals surface area contributed by atoms with Crippen LogP contribution >= 0.6 is 11.8 Å². The van der Waals surface area contributed by atoms with Crippen LogP contribution in [0.25, 0.3) is 11.4 Å². The molecule has 0 aliphatic rings. The van der Waals surface area contributed by atoms with Gasteiger partial charge in [0.1, 0.15) is 0 Å². The zero-order valence-electron chi connectivity index (χ0n) is 15.5. The smallest absolute Gasteiger partial charge is 0.237 e. The molecule has 0 saturated heterocycles. The first-order valence-electron chi connectivity index (χ1n) is 8.32. The van der Waals surface area contributed by atoms with Crippen LogP contribution in [-0.2, 0) is 11.8 Å². The van der Waals surface area contributed by atoms with E-state index in [9.17, 15) is 4.79 Å². The van der Waals surface area contributed by atoms with E-state index in [0.717, 1.165) is 22.6 Å². The third kappa shape index (κ3) is 3.80. The highest BCUT2D eigenvalue weighted by molar-refractivity contribution is 8.00. The highest BCUT2D eigenvalue weighted by atomic mass is 32.2. The van der Waals surface area contributed by atoms with Crippen molar-refractivity contribution in [2.75, 3.05) is 5.32 Å². The fourth-order valence-electron chi connectivity index (χ4n) is 2.53. The molecule has 1 amide bonds. The first-order chi connectivity index (χ1) is 12.3. The molecule has 136 valence electrons. The molecular weight excluding hydrogens is 348 g/mol. The number of aryl methyl sites for hydroxylation is 3. The minimum Gasteiger partial charge on any atom is -0.322 e. The second kappa shape index (κ2) is 7.33. The van der Waals surface area contributed by atoms with Gasteiger partial charge in [0, 0.05) is 12.6 Å². The number of hydrogen-bond donors (Lipinski definition) is 2. The number of aromatic nitrogens is 5. The highest BCUT2D eigenvalue weighted by Gasteiger charge is 2.20. The lowest BCUT2D eigenvalue weighted by Crippen LogP contribution is -2.23. The van der Waals surface area contributed by atoms with Gasteiger partial charge in [-0.1, -0.05) is 41.6 Å². The second-order valence-corrected chi connectivity index (χ2v) is 7.56. The average molecular weight is 370 g/mol. The molecule has 2 aromatic heterocycles. The maximum atomic E-state index is 12.5. The fraction of sp³-hybridized carbons (Fsp3) is 0.333. The van der Waals surface area contributed by atoms with Gasteiger partial charge in [0.2, 0.25) is 11.1 Å². The molecule has 2 heterocycles. The van der Waals surface area contributed by atoms with E-state index in [1.54, 1.807) is 4.68 Å². The SMILES string of the molecule is Cc1ccc(-c2nc(S[C@@H](C)C(=O)Nc3c(C)nn(C)c3C)n[nH]2)cc1. The lowest BCUT2D eigenvalue weighted by Gasteiger charge is -2.10. The highest BCUT2D eigenvalue weighted by Crippen LogP contribution is 2.25. The van der Waals surface area contributed by atoms with Crippen LogP contribution in [0.4, 0.5) is 5.69 Å². The predicted octanol–water partition coefficient (Wildman–Crippen LogP) is 3.25. The van der Waals surface area contributed by atoms with Gasteiger partial charge in [-0.15, -0.1) is 5.10 Å². The molecule has 0 fully saturated rings. The molecule has 1 atom stereocenters. The van der Waals surface area contributed by atoms with Gasteiger partial charge in [0.25, 0.3) is 0 Å². The van der Waals surface area contributed by atoms with Crippen molar-refractivity contribution in [2.45, 2.75) is 38.1 Å². The molecule has 3 rings (SSSR count). The molecule has 0 aliphatic heterocycles. The van der Waals surface area contributed by atoms with E-state index in [4.69, 9.17) is 0 Å². The molecule has 0 bridgehead atoms. The topological polar surface area (TPSA) is 88.5 Å². The summed E-state index contributed by atoms with van der Waals surface area (Å²) in [5.74, 6) is 0.593. The van der Waals surface area contributed by atoms with Crippen molar-refractivity contribution in [3.8, 4) is 11.4 Å². The van der Waals surface area contributed by atoms with Crippen molar-refractivity contribution in [2.24, 2.45) is 7.05 Å². The standard InChI is InChI=1S/C18H22N6OS/c1-10-6-8-14(9-7-10)16-20-18(22-21-16)26-13(4)17(25)19-15-11(2)23-24(5)12(15)3/h6-9,13H,1-5H3,(H,19,25)(H,20,21,22)/t13-/m0/s1. The Balaban J connectivity index is 1.67. The van der Waals surface area contributed by atoms with E-state index in [1.807, 2.05) is 59.0 Å². The van der Waals surface area contributed by atoms with Crippen LogP contribution in [0.1, 0.15) is 23.9 Å². The lowest BCUT2D eigenvalue weighted by atomic mass is 10.1. The zero-order chi connectivity index (χ0) is 18.8. The molecule has 0 aliphatic carbocycles. The molecule has 8 heteroatoms. The largest absolute Gasteiger partial charge is 0.322 e. The molecular formula is C18H22N6OS. The Labute approximate surface area is 156 Å². The van der Waals surface area contributed by atoms with Crippen molar-refractivity contribution in [1.82, 2.24) is 25.0 Å². The van der Waals surface area contributed by atoms with Crippen LogP contribution in [-0.4, -0.2) is 36.1 Å². The summed E-state index contributed by atoms with van der Waals surface area (Å²) < 4.78 is 1.76. The van der Waals surface area contributed by atoms with E-state index in [2.05, 4.69) is 25.6 Å². The number of hydrogen-bond acceptors (Lipinski definition) is 5. The predicted molar refractivity (Wildman–Crippen MR) is 103 cm³/mol. The maximum absolute atomic E-state index is 12.5. The van der Waals surface area contributed by atoms with Crippen LogP contribution < -0.4 is 5.32 Å². The molecule has 0 unspecified atom stereocenters. The first-order valence-corrected chi connectivity index (χ1v) is 9.20. The average Bonchev–Trinajstić information content (AvgIpc) is 3.15. The number of thioether (sulfide) groups is 1. The summed E-state index contributed by atoms with van der Waals surface area (Å²) in [6.07, 6.45) is 0. The summed E-state index contributed by atoms with van der Waals surface area (Å²) in [7, 11) is 1.86. The Morgan fingerprint density at radius 3 is 2.54 bits per heavy atom. The van der Waals surface area contributed by atoms with E-state index >= 15 is 0 Å². The number of nitrogens with zero attached hydrogens (tertiary/aromatic N) is 4. The Morgan fingerprint density at radius 2 is 1.92 bits per heavy atom. The number of benzene rings is 1. The monoisotopic (exact) mass is 370 g/mol. The summed E-state index contributed by atoms with van der Waals surface area (Å²) in [5, 5.41) is 14.6. The minimum absolute atomic E-state index is 0.101. The van der Waals surface area contributed by atoms with Crippen molar-refractivity contribution in [1.29, 1.82) is 0 Å². The van der Waals surface area contributed by atoms with E-state index < -0.39 is 0 Å². The molecule has 26 heavy (non-hydrogen) atoms. The summed E-state index contributed by atoms with van der Waals surface area (Å²) in [6.45, 7) is 7.68. The van der Waals surface area contributed by atoms with Crippen LogP contribution in [0, 0.1) is 20.8 Å². The third-order valence-corrected chi connectivity index (χ3v) is 5.16. The first kappa shape index (κ1) is 18.2. The van der Waals surface area contributed by atoms with Gasteiger partial charge in [-0.25, -0.2) is 4.98 Å². The second-order valence-electron chi connectivity index (χ2n) is 6.25. The zero-order valence-corrected chi connectivity index (χ0v) is 16.3. The number of H-pyrrole nitrogens is 1. The van der Waals surface area contributed by atoms with Crippen molar-refractivity contribution in [3.05, 3.63) is 41.2 Å². The van der Waals surface area contributed by atoms with Gasteiger partial charge < -0.3 is 5.32 Å². The normalized spacial score (nSPS) is 12.2. The van der Waals surface area contributed by atoms with Crippen LogP contribution in [0.5, 0.6) is 0 Å². The van der Waals surface area contributed by atoms with Gasteiger partial charge >= 0.3 is 0 Å². The molecule has 0 radical (unpaired) electrons. The number of nitrogens with one attached hydrogen (secondary N) is 2.